The van der Waals surface area contributed by atoms with Gasteiger partial charge in [-0.05, 0) is 42.0 Å². The lowest BCUT2D eigenvalue weighted by Gasteiger charge is -2.16. The molecule has 2 heterocycles. The predicted octanol–water partition coefficient (Wildman–Crippen LogP) is 5.81. The molecule has 9 heteroatoms. The smallest absolute Gasteiger partial charge is 0.358 e. The SMILES string of the molecule is CON=C(C(=O)O)c1csc(N2C(=O)C(=Cc3cccc(Oc4ccccc4)c3)N=C2c2ccccc2)c1. The third-order valence-electron chi connectivity index (χ3n) is 5.50. The van der Waals surface area contributed by atoms with Crippen LogP contribution in [0.5, 0.6) is 11.5 Å². The number of benzene rings is 3. The highest BCUT2D eigenvalue weighted by Crippen LogP contribution is 2.33. The van der Waals surface area contributed by atoms with Gasteiger partial charge in [0.05, 0.1) is 0 Å². The first-order valence-corrected chi connectivity index (χ1v) is 12.4. The zero-order valence-electron chi connectivity index (χ0n) is 20.1. The highest BCUT2D eigenvalue weighted by molar-refractivity contribution is 7.15. The Kier molecular flexibility index (Phi) is 7.10. The molecular formula is C29H21N3O5S. The minimum atomic E-state index is -1.24. The van der Waals surface area contributed by atoms with E-state index < -0.39 is 5.97 Å². The lowest BCUT2D eigenvalue weighted by molar-refractivity contribution is -0.129. The number of carbonyl (C=O) groups is 2. The molecule has 38 heavy (non-hydrogen) atoms. The zero-order valence-corrected chi connectivity index (χ0v) is 21.0. The molecule has 0 spiro atoms. The third-order valence-corrected chi connectivity index (χ3v) is 6.41. The van der Waals surface area contributed by atoms with Gasteiger partial charge in [-0.25, -0.2) is 14.7 Å². The first-order chi connectivity index (χ1) is 18.5. The molecule has 0 fully saturated rings. The number of carboxylic acid groups (broad SMARTS) is 1. The molecule has 1 aliphatic heterocycles. The highest BCUT2D eigenvalue weighted by atomic mass is 32.1. The van der Waals surface area contributed by atoms with Crippen LogP contribution in [0, 0.1) is 0 Å². The molecule has 8 nitrogen and oxygen atoms in total. The Balaban J connectivity index is 1.51. The van der Waals surface area contributed by atoms with E-state index in [1.165, 1.54) is 23.3 Å². The maximum atomic E-state index is 13.7. The number of anilines is 1. The van der Waals surface area contributed by atoms with Crippen molar-refractivity contribution in [3.8, 4) is 11.5 Å². The van der Waals surface area contributed by atoms with E-state index in [0.717, 1.165) is 11.1 Å². The van der Waals surface area contributed by atoms with Crippen LogP contribution in [0.4, 0.5) is 5.00 Å². The zero-order chi connectivity index (χ0) is 26.5. The Morgan fingerprint density at radius 3 is 2.39 bits per heavy atom. The van der Waals surface area contributed by atoms with Crippen molar-refractivity contribution in [2.24, 2.45) is 10.1 Å². The summed E-state index contributed by atoms with van der Waals surface area (Å²) in [6, 6.07) is 27.7. The first kappa shape index (κ1) is 24.7. The molecule has 4 aromatic rings. The molecule has 0 bridgehead atoms. The lowest BCUT2D eigenvalue weighted by Crippen LogP contribution is -2.32. The van der Waals surface area contributed by atoms with Crippen molar-refractivity contribution in [2.45, 2.75) is 0 Å². The molecule has 0 atom stereocenters. The summed E-state index contributed by atoms with van der Waals surface area (Å²) in [5.41, 5.74) is 1.78. The van der Waals surface area contributed by atoms with Gasteiger partial charge in [-0.1, -0.05) is 65.8 Å². The fourth-order valence-electron chi connectivity index (χ4n) is 3.83. The number of nitrogens with zero attached hydrogens (tertiary/aromatic N) is 3. The number of ether oxygens (including phenoxy) is 1. The average Bonchev–Trinajstić information content (AvgIpc) is 3.53. The number of aliphatic carboxylic acids is 1. The number of thiophene rings is 1. The summed E-state index contributed by atoms with van der Waals surface area (Å²) in [5.74, 6) is 0.191. The molecule has 1 aromatic heterocycles. The number of rotatable bonds is 8. The van der Waals surface area contributed by atoms with Crippen molar-refractivity contribution in [3.05, 3.63) is 119 Å². The van der Waals surface area contributed by atoms with Gasteiger partial charge in [0.15, 0.2) is 5.71 Å². The van der Waals surface area contributed by atoms with Crippen LogP contribution in [0.15, 0.2) is 112 Å². The highest BCUT2D eigenvalue weighted by Gasteiger charge is 2.34. The number of carboxylic acids is 1. The Morgan fingerprint density at radius 1 is 0.974 bits per heavy atom. The van der Waals surface area contributed by atoms with Crippen LogP contribution < -0.4 is 9.64 Å². The Bertz CT molecular complexity index is 1580. The summed E-state index contributed by atoms with van der Waals surface area (Å²) >= 11 is 1.21. The van der Waals surface area contributed by atoms with Gasteiger partial charge in [-0.2, -0.15) is 0 Å². The van der Waals surface area contributed by atoms with Crippen LogP contribution in [0.2, 0.25) is 0 Å². The molecule has 188 valence electrons. The molecule has 1 amide bonds. The van der Waals surface area contributed by atoms with Gasteiger partial charge >= 0.3 is 5.97 Å². The second-order valence-corrected chi connectivity index (χ2v) is 8.95. The minimum absolute atomic E-state index is 0.236. The fraction of sp³-hybridized carbons (Fsp3) is 0.0345. The van der Waals surface area contributed by atoms with Crippen molar-refractivity contribution in [1.82, 2.24) is 0 Å². The quantitative estimate of drug-likeness (QED) is 0.178. The number of carbonyl (C=O) groups excluding carboxylic acids is 1. The number of hydrogen-bond acceptors (Lipinski definition) is 7. The van der Waals surface area contributed by atoms with Crippen molar-refractivity contribution in [2.75, 3.05) is 12.0 Å². The van der Waals surface area contributed by atoms with E-state index in [4.69, 9.17) is 4.74 Å². The molecule has 1 N–H and O–H groups in total. The second-order valence-electron chi connectivity index (χ2n) is 8.06. The van der Waals surface area contributed by atoms with Gasteiger partial charge in [0.1, 0.15) is 35.1 Å². The standard InChI is InChI=1S/C29H21N3O5S/c1-36-31-26(29(34)35)21-17-25(38-18-21)32-27(20-10-4-2-5-11-20)30-24(28(32)33)16-19-9-8-14-23(15-19)37-22-12-6-3-7-13-22/h2-18H,1H3,(H,34,35). The van der Waals surface area contributed by atoms with E-state index in [0.29, 0.717) is 27.9 Å². The number of aliphatic imine (C=N–C) groups is 1. The van der Waals surface area contributed by atoms with Gasteiger partial charge in [-0.3, -0.25) is 4.79 Å². The first-order valence-electron chi connectivity index (χ1n) is 11.5. The van der Waals surface area contributed by atoms with E-state index in [2.05, 4.69) is 15.0 Å². The van der Waals surface area contributed by atoms with Crippen LogP contribution in [0.3, 0.4) is 0 Å². The summed E-state index contributed by atoms with van der Waals surface area (Å²) in [6.07, 6.45) is 1.70. The molecule has 0 saturated heterocycles. The summed E-state index contributed by atoms with van der Waals surface area (Å²) < 4.78 is 5.93. The third kappa shape index (κ3) is 5.23. The van der Waals surface area contributed by atoms with E-state index in [1.807, 2.05) is 84.9 Å². The number of hydrogen-bond donors (Lipinski definition) is 1. The van der Waals surface area contributed by atoms with Crippen LogP contribution in [-0.4, -0.2) is 35.6 Å². The number of amides is 1. The van der Waals surface area contributed by atoms with Crippen LogP contribution in [0.25, 0.3) is 6.08 Å². The largest absolute Gasteiger partial charge is 0.476 e. The van der Waals surface area contributed by atoms with Gasteiger partial charge in [0, 0.05) is 16.5 Å². The van der Waals surface area contributed by atoms with Crippen LogP contribution >= 0.6 is 11.3 Å². The van der Waals surface area contributed by atoms with Crippen LogP contribution in [-0.2, 0) is 14.4 Å². The predicted molar refractivity (Wildman–Crippen MR) is 147 cm³/mol. The molecule has 0 radical (unpaired) electrons. The normalized spacial score (nSPS) is 14.5. The van der Waals surface area contributed by atoms with Gasteiger partial charge < -0.3 is 14.7 Å². The van der Waals surface area contributed by atoms with Gasteiger partial charge in [0.25, 0.3) is 5.91 Å². The van der Waals surface area contributed by atoms with Crippen molar-refractivity contribution >= 4 is 45.8 Å². The summed E-state index contributed by atoms with van der Waals surface area (Å²) in [4.78, 5) is 36.1. The molecule has 0 saturated carbocycles. The maximum Gasteiger partial charge on any atom is 0.358 e. The molecule has 1 aliphatic rings. The molecular weight excluding hydrogens is 502 g/mol. The molecule has 0 aliphatic carbocycles. The summed E-state index contributed by atoms with van der Waals surface area (Å²) in [7, 11) is 1.28. The number of amidine groups is 1. The molecule has 3 aromatic carbocycles. The Morgan fingerprint density at radius 2 is 1.68 bits per heavy atom. The molecule has 0 unspecified atom stereocenters. The Hall–Kier alpha value is -5.02. The van der Waals surface area contributed by atoms with E-state index >= 15 is 0 Å². The molecule has 5 rings (SSSR count). The fourth-order valence-corrected chi connectivity index (χ4v) is 4.72. The summed E-state index contributed by atoms with van der Waals surface area (Å²) in [5, 5.41) is 15.2. The maximum absolute atomic E-state index is 13.7. The van der Waals surface area contributed by atoms with E-state index in [1.54, 1.807) is 17.5 Å². The van der Waals surface area contributed by atoms with Gasteiger partial charge in [-0.15, -0.1) is 11.3 Å². The summed E-state index contributed by atoms with van der Waals surface area (Å²) in [6.45, 7) is 0. The number of para-hydroxylation sites is 1. The van der Waals surface area contributed by atoms with Crippen molar-refractivity contribution < 1.29 is 24.3 Å². The van der Waals surface area contributed by atoms with E-state index in [-0.39, 0.29) is 17.3 Å². The minimum Gasteiger partial charge on any atom is -0.476 e. The Labute approximate surface area is 222 Å². The van der Waals surface area contributed by atoms with Crippen molar-refractivity contribution in [1.29, 1.82) is 0 Å². The monoisotopic (exact) mass is 523 g/mol. The van der Waals surface area contributed by atoms with Crippen LogP contribution in [0.1, 0.15) is 16.7 Å². The van der Waals surface area contributed by atoms with E-state index in [9.17, 15) is 14.7 Å². The number of oxime groups is 1. The lowest BCUT2D eigenvalue weighted by atomic mass is 10.1. The van der Waals surface area contributed by atoms with Crippen molar-refractivity contribution in [3.63, 3.8) is 0 Å². The van der Waals surface area contributed by atoms with Gasteiger partial charge in [0.2, 0.25) is 0 Å². The average molecular weight is 524 g/mol. The topological polar surface area (TPSA) is 101 Å². The second kappa shape index (κ2) is 10.9.